The van der Waals surface area contributed by atoms with Crippen LogP contribution >= 0.6 is 7.82 Å². The Kier molecular flexibility index (Phi) is 9.09. The van der Waals surface area contributed by atoms with Crippen molar-refractivity contribution in [3.8, 4) is 0 Å². The lowest BCUT2D eigenvalue weighted by Crippen LogP contribution is -2.14. The number of unbranched alkanes of at least 4 members (excludes halogenated alkanes) is 1. The summed E-state index contributed by atoms with van der Waals surface area (Å²) in [6.45, 7) is 8.63. The van der Waals surface area contributed by atoms with Gasteiger partial charge < -0.3 is 4.90 Å². The Morgan fingerprint density at radius 1 is 1.00 bits per heavy atom. The highest BCUT2D eigenvalue weighted by Gasteiger charge is 2.29. The van der Waals surface area contributed by atoms with Crippen molar-refractivity contribution in [3.05, 3.63) is 0 Å². The Balaban J connectivity index is 4.05. The molecule has 0 aromatic carbocycles. The van der Waals surface area contributed by atoms with E-state index in [1.165, 1.54) is 0 Å². The molecular weight excluding hydrogens is 253 g/mol. The molecule has 0 spiro atoms. The topological polar surface area (TPSA) is 48.0 Å². The van der Waals surface area contributed by atoms with Crippen LogP contribution in [0.2, 0.25) is 0 Å². The predicted octanol–water partition coefficient (Wildman–Crippen LogP) is 3.30. The Bertz CT molecular complexity index is 242. The maximum Gasteiger partial charge on any atom is 0.475 e. The van der Waals surface area contributed by atoms with Gasteiger partial charge >= 0.3 is 7.82 Å². The van der Waals surface area contributed by atoms with Crippen LogP contribution in [0.1, 0.15) is 40.5 Å². The molecule has 0 fully saturated rings. The minimum Gasteiger partial charge on any atom is -0.309 e. The average Bonchev–Trinajstić information content (AvgIpc) is 2.13. The van der Waals surface area contributed by atoms with Crippen molar-refractivity contribution in [2.24, 2.45) is 0 Å². The molecule has 0 rings (SSSR count). The van der Waals surface area contributed by atoms with Crippen LogP contribution in [0.25, 0.3) is 0 Å². The van der Waals surface area contributed by atoms with Gasteiger partial charge in [-0.1, -0.05) is 0 Å². The quantitative estimate of drug-likeness (QED) is 0.454. The largest absolute Gasteiger partial charge is 0.475 e. The molecule has 0 atom stereocenters. The fourth-order valence-corrected chi connectivity index (χ4v) is 2.87. The summed E-state index contributed by atoms with van der Waals surface area (Å²) in [5.74, 6) is 0. The van der Waals surface area contributed by atoms with Gasteiger partial charge in [0.1, 0.15) is 0 Å². The van der Waals surface area contributed by atoms with Crippen LogP contribution in [0.5, 0.6) is 0 Å². The molecule has 0 saturated carbocycles. The third-order valence-corrected chi connectivity index (χ3v) is 3.79. The van der Waals surface area contributed by atoms with Crippen LogP contribution in [0, 0.1) is 0 Å². The van der Waals surface area contributed by atoms with Crippen LogP contribution in [-0.4, -0.2) is 44.4 Å². The summed E-state index contributed by atoms with van der Waals surface area (Å²) in [4.78, 5) is 2.11. The van der Waals surface area contributed by atoms with Gasteiger partial charge in [-0.25, -0.2) is 4.57 Å². The van der Waals surface area contributed by atoms with Gasteiger partial charge in [-0.15, -0.1) is 0 Å². The fourth-order valence-electron chi connectivity index (χ4n) is 1.31. The smallest absolute Gasteiger partial charge is 0.309 e. The minimum atomic E-state index is -3.41. The molecule has 0 bridgehead atoms. The Hall–Kier alpha value is 0.0700. The third-order valence-electron chi connectivity index (χ3n) is 1.93. The molecule has 5 nitrogen and oxygen atoms in total. The van der Waals surface area contributed by atoms with Gasteiger partial charge in [0.2, 0.25) is 0 Å². The Morgan fingerprint density at radius 3 is 1.89 bits per heavy atom. The second kappa shape index (κ2) is 9.05. The summed E-state index contributed by atoms with van der Waals surface area (Å²) in [5, 5.41) is 0. The lowest BCUT2D eigenvalue weighted by Gasteiger charge is -2.21. The molecule has 0 amide bonds. The van der Waals surface area contributed by atoms with Crippen LogP contribution in [-0.2, 0) is 18.1 Å². The summed E-state index contributed by atoms with van der Waals surface area (Å²) >= 11 is 0. The highest BCUT2D eigenvalue weighted by atomic mass is 31.2. The number of hydrogen-bond acceptors (Lipinski definition) is 5. The zero-order valence-corrected chi connectivity index (χ0v) is 13.4. The van der Waals surface area contributed by atoms with Crippen molar-refractivity contribution in [2.75, 3.05) is 27.2 Å². The maximum absolute atomic E-state index is 12.3. The molecule has 0 aromatic rings. The van der Waals surface area contributed by atoms with Gasteiger partial charge in [0, 0.05) is 0 Å². The predicted molar refractivity (Wildman–Crippen MR) is 73.8 cm³/mol. The van der Waals surface area contributed by atoms with Crippen molar-refractivity contribution in [1.82, 2.24) is 4.90 Å². The van der Waals surface area contributed by atoms with Crippen LogP contribution in [0.3, 0.4) is 0 Å². The van der Waals surface area contributed by atoms with E-state index < -0.39 is 7.82 Å². The second-order valence-corrected chi connectivity index (χ2v) is 6.67. The standard InChI is InChI=1S/C12H28NO4P/c1-11(2)16-18(14,17-12(3)4)15-10-8-7-9-13(5)6/h11-12H,7-10H2,1-6H3. The van der Waals surface area contributed by atoms with Crippen LogP contribution < -0.4 is 0 Å². The first-order valence-corrected chi connectivity index (χ1v) is 7.97. The summed E-state index contributed by atoms with van der Waals surface area (Å²) in [6, 6.07) is 0. The van der Waals surface area contributed by atoms with E-state index in [1.807, 2.05) is 41.8 Å². The second-order valence-electron chi connectivity index (χ2n) is 5.10. The number of phosphoric acid groups is 1. The maximum atomic E-state index is 12.3. The zero-order chi connectivity index (χ0) is 14.2. The summed E-state index contributed by atoms with van der Waals surface area (Å²) < 4.78 is 28.1. The van der Waals surface area contributed by atoms with E-state index in [0.29, 0.717) is 6.61 Å². The molecule has 0 unspecified atom stereocenters. The SMILES string of the molecule is CC(C)OP(=O)(OCCCCN(C)C)OC(C)C. The van der Waals surface area contributed by atoms with E-state index in [4.69, 9.17) is 13.6 Å². The highest BCUT2D eigenvalue weighted by molar-refractivity contribution is 7.48. The molecule has 6 heteroatoms. The van der Waals surface area contributed by atoms with E-state index in [-0.39, 0.29) is 12.2 Å². The molecule has 0 N–H and O–H groups in total. The summed E-state index contributed by atoms with van der Waals surface area (Å²) in [7, 11) is 0.638. The molecule has 0 heterocycles. The van der Waals surface area contributed by atoms with E-state index in [9.17, 15) is 4.57 Å². The average molecular weight is 281 g/mol. The summed E-state index contributed by atoms with van der Waals surface area (Å²) in [5.41, 5.74) is 0. The van der Waals surface area contributed by atoms with Crippen LogP contribution in [0.15, 0.2) is 0 Å². The molecule has 18 heavy (non-hydrogen) atoms. The van der Waals surface area contributed by atoms with Crippen molar-refractivity contribution < 1.29 is 18.1 Å². The first-order chi connectivity index (χ1) is 8.25. The molecule has 0 aromatic heterocycles. The summed E-state index contributed by atoms with van der Waals surface area (Å²) in [6.07, 6.45) is 1.47. The number of phosphoric ester groups is 1. The molecule has 0 aliphatic heterocycles. The van der Waals surface area contributed by atoms with Gasteiger partial charge in [0.15, 0.2) is 0 Å². The van der Waals surface area contributed by atoms with Gasteiger partial charge in [-0.05, 0) is 61.2 Å². The molecule has 0 saturated heterocycles. The Labute approximate surface area is 111 Å². The minimum absolute atomic E-state index is 0.184. The van der Waals surface area contributed by atoms with E-state index in [2.05, 4.69) is 4.90 Å². The molecule has 0 radical (unpaired) electrons. The normalized spacial score (nSPS) is 12.9. The monoisotopic (exact) mass is 281 g/mol. The van der Waals surface area contributed by atoms with E-state index in [0.717, 1.165) is 19.4 Å². The van der Waals surface area contributed by atoms with Crippen molar-refractivity contribution in [2.45, 2.75) is 52.7 Å². The van der Waals surface area contributed by atoms with Gasteiger partial charge in [0.25, 0.3) is 0 Å². The van der Waals surface area contributed by atoms with Gasteiger partial charge in [0.05, 0.1) is 18.8 Å². The first-order valence-electron chi connectivity index (χ1n) is 6.51. The number of rotatable bonds is 10. The Morgan fingerprint density at radius 2 is 1.50 bits per heavy atom. The van der Waals surface area contributed by atoms with Gasteiger partial charge in [-0.2, -0.15) is 0 Å². The van der Waals surface area contributed by atoms with E-state index in [1.54, 1.807) is 0 Å². The lowest BCUT2D eigenvalue weighted by atomic mass is 10.3. The molecule has 0 aliphatic rings. The van der Waals surface area contributed by atoms with E-state index >= 15 is 0 Å². The zero-order valence-electron chi connectivity index (χ0n) is 12.5. The fraction of sp³-hybridized carbons (Fsp3) is 1.00. The molecule has 0 aliphatic carbocycles. The van der Waals surface area contributed by atoms with Crippen molar-refractivity contribution in [3.63, 3.8) is 0 Å². The third kappa shape index (κ3) is 10.0. The molecule has 110 valence electrons. The highest BCUT2D eigenvalue weighted by Crippen LogP contribution is 2.51. The number of hydrogen-bond donors (Lipinski definition) is 0. The first kappa shape index (κ1) is 18.1. The number of nitrogens with zero attached hydrogens (tertiary/aromatic N) is 1. The van der Waals surface area contributed by atoms with Gasteiger partial charge in [-0.3, -0.25) is 13.6 Å². The van der Waals surface area contributed by atoms with Crippen molar-refractivity contribution >= 4 is 7.82 Å². The van der Waals surface area contributed by atoms with Crippen LogP contribution in [0.4, 0.5) is 0 Å². The molecular formula is C12H28NO4P. The van der Waals surface area contributed by atoms with Crippen molar-refractivity contribution in [1.29, 1.82) is 0 Å². The lowest BCUT2D eigenvalue weighted by molar-refractivity contribution is 0.0711.